The molecule has 2 atom stereocenters. The van der Waals surface area contributed by atoms with E-state index in [4.69, 9.17) is 4.74 Å². The number of anilines is 1. The topological polar surface area (TPSA) is 55.3 Å². The van der Waals surface area contributed by atoms with Crippen molar-refractivity contribution in [3.05, 3.63) is 60.3 Å². The Morgan fingerprint density at radius 3 is 2.73 bits per heavy atom. The van der Waals surface area contributed by atoms with Crippen LogP contribution >= 0.6 is 0 Å². The lowest BCUT2D eigenvalue weighted by Crippen LogP contribution is -2.26. The van der Waals surface area contributed by atoms with Crippen molar-refractivity contribution in [2.24, 2.45) is 0 Å². The normalized spacial score (nSPS) is 17.2. The lowest BCUT2D eigenvalue weighted by Gasteiger charge is -2.19. The van der Waals surface area contributed by atoms with Gasteiger partial charge in [-0.3, -0.25) is 4.79 Å². The quantitative estimate of drug-likeness (QED) is 0.541. The average Bonchev–Trinajstić information content (AvgIpc) is 3.20. The molecule has 1 aromatic heterocycles. The maximum atomic E-state index is 14.3. The molecule has 2 heterocycles. The summed E-state index contributed by atoms with van der Waals surface area (Å²) in [6.07, 6.45) is 4.98. The van der Waals surface area contributed by atoms with Gasteiger partial charge in [-0.15, -0.1) is 6.58 Å². The summed E-state index contributed by atoms with van der Waals surface area (Å²) in [6, 6.07) is 7.68. The summed E-state index contributed by atoms with van der Waals surface area (Å²) < 4.78 is 20.4. The number of carbonyl (C=O) groups excluding carboxylic acids is 1. The summed E-state index contributed by atoms with van der Waals surface area (Å²) in [5.74, 6) is 1.55. The number of hydrogen-bond acceptors (Lipinski definition) is 5. The molecule has 1 saturated heterocycles. The zero-order valence-electron chi connectivity index (χ0n) is 18.0. The van der Waals surface area contributed by atoms with Crippen LogP contribution in [0.2, 0.25) is 0 Å². The molecule has 3 rings (SSSR count). The Hall–Kier alpha value is -2.76. The highest BCUT2D eigenvalue weighted by atomic mass is 19.1. The number of aromatic nitrogens is 2. The number of allylic oxidation sites excluding steroid dienone is 1. The first-order valence-corrected chi connectivity index (χ1v) is 10.6. The van der Waals surface area contributed by atoms with Crippen molar-refractivity contribution in [1.82, 2.24) is 9.97 Å². The van der Waals surface area contributed by atoms with E-state index in [1.165, 1.54) is 6.20 Å². The Balaban J connectivity index is 1.60. The van der Waals surface area contributed by atoms with Crippen LogP contribution in [-0.2, 0) is 4.79 Å². The minimum Gasteiger partial charge on any atom is -0.489 e. The molecule has 1 unspecified atom stereocenters. The second-order valence-electron chi connectivity index (χ2n) is 8.11. The van der Waals surface area contributed by atoms with E-state index in [0.717, 1.165) is 17.7 Å². The van der Waals surface area contributed by atoms with Crippen LogP contribution in [0, 0.1) is 5.82 Å². The molecule has 1 aliphatic rings. The fourth-order valence-corrected chi connectivity index (χ4v) is 3.56. The SMILES string of the molecule is C=CCCC(=O)C(C)c1ccc(O[C@@H]2CCN(c3nc(C(C)C)ncc3F)C2)cc1. The van der Waals surface area contributed by atoms with Crippen molar-refractivity contribution in [2.75, 3.05) is 18.0 Å². The van der Waals surface area contributed by atoms with Gasteiger partial charge in [0.1, 0.15) is 23.5 Å². The van der Waals surface area contributed by atoms with E-state index in [-0.39, 0.29) is 23.7 Å². The zero-order valence-corrected chi connectivity index (χ0v) is 18.0. The van der Waals surface area contributed by atoms with E-state index in [1.54, 1.807) is 6.08 Å². The lowest BCUT2D eigenvalue weighted by atomic mass is 9.94. The molecule has 5 nitrogen and oxygen atoms in total. The first-order chi connectivity index (χ1) is 14.4. The highest BCUT2D eigenvalue weighted by molar-refractivity contribution is 5.85. The van der Waals surface area contributed by atoms with Gasteiger partial charge in [-0.2, -0.15) is 0 Å². The monoisotopic (exact) mass is 411 g/mol. The van der Waals surface area contributed by atoms with Gasteiger partial charge in [-0.05, 0) is 24.1 Å². The van der Waals surface area contributed by atoms with Crippen LogP contribution in [0.15, 0.2) is 43.1 Å². The van der Waals surface area contributed by atoms with Crippen LogP contribution in [0.5, 0.6) is 5.75 Å². The van der Waals surface area contributed by atoms with Crippen molar-refractivity contribution in [3.63, 3.8) is 0 Å². The number of nitrogens with zero attached hydrogens (tertiary/aromatic N) is 3. The van der Waals surface area contributed by atoms with Crippen molar-refractivity contribution in [3.8, 4) is 5.75 Å². The Labute approximate surface area is 178 Å². The van der Waals surface area contributed by atoms with Crippen LogP contribution in [0.4, 0.5) is 10.2 Å². The average molecular weight is 412 g/mol. The minimum absolute atomic E-state index is 0.0423. The molecule has 6 heteroatoms. The lowest BCUT2D eigenvalue weighted by molar-refractivity contribution is -0.120. The molecule has 160 valence electrons. The second-order valence-corrected chi connectivity index (χ2v) is 8.11. The maximum Gasteiger partial charge on any atom is 0.183 e. The van der Waals surface area contributed by atoms with Crippen LogP contribution in [0.3, 0.4) is 0 Å². The van der Waals surface area contributed by atoms with E-state index in [9.17, 15) is 9.18 Å². The molecule has 30 heavy (non-hydrogen) atoms. The number of benzene rings is 1. The van der Waals surface area contributed by atoms with E-state index in [2.05, 4.69) is 16.5 Å². The van der Waals surface area contributed by atoms with Crippen LogP contribution in [0.25, 0.3) is 0 Å². The Bertz CT molecular complexity index is 883. The van der Waals surface area contributed by atoms with Crippen molar-refractivity contribution >= 4 is 11.6 Å². The summed E-state index contributed by atoms with van der Waals surface area (Å²) in [7, 11) is 0. The van der Waals surface area contributed by atoms with Crippen molar-refractivity contribution in [2.45, 2.75) is 58.0 Å². The molecule has 0 radical (unpaired) electrons. The largest absolute Gasteiger partial charge is 0.489 e. The molecule has 0 bridgehead atoms. The van der Waals surface area contributed by atoms with Crippen LogP contribution in [-0.4, -0.2) is 34.9 Å². The third-order valence-corrected chi connectivity index (χ3v) is 5.47. The van der Waals surface area contributed by atoms with E-state index in [1.807, 2.05) is 49.9 Å². The maximum absolute atomic E-state index is 14.3. The van der Waals surface area contributed by atoms with Gasteiger partial charge in [-0.1, -0.05) is 39.0 Å². The first kappa shape index (κ1) is 21.9. The van der Waals surface area contributed by atoms with E-state index < -0.39 is 5.82 Å². The van der Waals surface area contributed by atoms with Gasteiger partial charge >= 0.3 is 0 Å². The Morgan fingerprint density at radius 2 is 2.07 bits per heavy atom. The number of carbonyl (C=O) groups is 1. The molecular formula is C24H30FN3O2. The number of halogens is 1. The first-order valence-electron chi connectivity index (χ1n) is 10.6. The highest BCUT2D eigenvalue weighted by Gasteiger charge is 2.28. The number of rotatable bonds is 9. The van der Waals surface area contributed by atoms with Crippen LogP contribution in [0.1, 0.15) is 63.3 Å². The number of ether oxygens (including phenoxy) is 1. The molecule has 0 amide bonds. The summed E-state index contributed by atoms with van der Waals surface area (Å²) >= 11 is 0. The second kappa shape index (κ2) is 9.83. The van der Waals surface area contributed by atoms with E-state index in [0.29, 0.717) is 37.6 Å². The molecule has 1 aliphatic heterocycles. The fourth-order valence-electron chi connectivity index (χ4n) is 3.56. The molecule has 1 fully saturated rings. The molecule has 2 aromatic rings. The standard InChI is InChI=1S/C24H30FN3O2/c1-5-6-7-22(29)17(4)18-8-10-19(11-9-18)30-20-12-13-28(15-20)24-21(25)14-26-23(27-24)16(2)3/h5,8-11,14,16-17,20H,1,6-7,12-13,15H2,2-4H3/t17?,20-/m1/s1. The summed E-state index contributed by atoms with van der Waals surface area (Å²) in [5, 5.41) is 0. The van der Waals surface area contributed by atoms with Gasteiger partial charge in [0.25, 0.3) is 0 Å². The van der Waals surface area contributed by atoms with Crippen molar-refractivity contribution < 1.29 is 13.9 Å². The minimum atomic E-state index is -0.403. The summed E-state index contributed by atoms with van der Waals surface area (Å²) in [6.45, 7) is 10.8. The third kappa shape index (κ3) is 5.23. The molecule has 0 aliphatic carbocycles. The molecule has 0 spiro atoms. The van der Waals surface area contributed by atoms with Gasteiger partial charge in [0.05, 0.1) is 12.7 Å². The third-order valence-electron chi connectivity index (χ3n) is 5.47. The molecule has 1 aromatic carbocycles. The molecule has 0 saturated carbocycles. The number of hydrogen-bond donors (Lipinski definition) is 0. The Morgan fingerprint density at radius 1 is 1.33 bits per heavy atom. The van der Waals surface area contributed by atoms with Gasteiger partial charge in [0.2, 0.25) is 0 Å². The number of ketones is 1. The summed E-state index contributed by atoms with van der Waals surface area (Å²) in [5.41, 5.74) is 0.980. The van der Waals surface area contributed by atoms with Gasteiger partial charge in [0, 0.05) is 31.2 Å². The van der Waals surface area contributed by atoms with Crippen LogP contribution < -0.4 is 9.64 Å². The van der Waals surface area contributed by atoms with Crippen molar-refractivity contribution in [1.29, 1.82) is 0 Å². The predicted molar refractivity (Wildman–Crippen MR) is 117 cm³/mol. The van der Waals surface area contributed by atoms with Gasteiger partial charge in [-0.25, -0.2) is 14.4 Å². The fraction of sp³-hybridized carbons (Fsp3) is 0.458. The highest BCUT2D eigenvalue weighted by Crippen LogP contribution is 2.27. The smallest absolute Gasteiger partial charge is 0.183 e. The molecular weight excluding hydrogens is 381 g/mol. The number of Topliss-reactive ketones (excluding diaryl/α,β-unsaturated/α-hetero) is 1. The van der Waals surface area contributed by atoms with Gasteiger partial charge < -0.3 is 9.64 Å². The molecule has 0 N–H and O–H groups in total. The van der Waals surface area contributed by atoms with Gasteiger partial charge in [0.15, 0.2) is 11.6 Å². The predicted octanol–water partition coefficient (Wildman–Crippen LogP) is 5.04. The zero-order chi connectivity index (χ0) is 21.7. The van der Waals surface area contributed by atoms with E-state index >= 15 is 0 Å². The Kier molecular flexibility index (Phi) is 7.19. The summed E-state index contributed by atoms with van der Waals surface area (Å²) in [4.78, 5) is 22.6.